The second kappa shape index (κ2) is 18.8. The van der Waals surface area contributed by atoms with Gasteiger partial charge in [0.15, 0.2) is 0 Å². The van der Waals surface area contributed by atoms with E-state index in [9.17, 15) is 20.3 Å². The first-order chi connectivity index (χ1) is 26.0. The molecule has 2 atom stereocenters. The van der Waals surface area contributed by atoms with Crippen molar-refractivity contribution in [2.75, 3.05) is 13.2 Å². The number of ether oxygens (including phenoxy) is 2. The number of benzene rings is 5. The Morgan fingerprint density at radius 3 is 1.59 bits per heavy atom. The van der Waals surface area contributed by atoms with Crippen LogP contribution in [0.4, 0.5) is 28.4 Å². The lowest BCUT2D eigenvalue weighted by molar-refractivity contribution is -0.384. The van der Waals surface area contributed by atoms with Gasteiger partial charge in [-0.05, 0) is 115 Å². The summed E-state index contributed by atoms with van der Waals surface area (Å²) in [7, 11) is 0. The third kappa shape index (κ3) is 11.4. The molecule has 0 fully saturated rings. The number of nitrogens with zero attached hydrogens (tertiary/aromatic N) is 5. The van der Waals surface area contributed by atoms with Crippen LogP contribution >= 0.6 is 0 Å². The zero-order valence-corrected chi connectivity index (χ0v) is 31.1. The summed E-state index contributed by atoms with van der Waals surface area (Å²) in [5.74, 6) is 1.45. The third-order valence-corrected chi connectivity index (χ3v) is 9.15. The van der Waals surface area contributed by atoms with Gasteiger partial charge < -0.3 is 19.7 Å². The molecule has 0 aliphatic carbocycles. The summed E-state index contributed by atoms with van der Waals surface area (Å²) in [4.78, 5) is 10.4. The highest BCUT2D eigenvalue weighted by atomic mass is 16.6. The normalized spacial score (nSPS) is 12.9. The van der Waals surface area contributed by atoms with E-state index >= 15 is 0 Å². The van der Waals surface area contributed by atoms with Crippen molar-refractivity contribution < 1.29 is 24.6 Å². The monoisotopic (exact) mass is 729 g/mol. The van der Waals surface area contributed by atoms with Gasteiger partial charge in [-0.3, -0.25) is 10.1 Å². The predicted octanol–water partition coefficient (Wildman–Crippen LogP) is 11.0. The van der Waals surface area contributed by atoms with Crippen LogP contribution in [0.2, 0.25) is 0 Å². The van der Waals surface area contributed by atoms with Crippen LogP contribution in [-0.4, -0.2) is 40.6 Å². The first kappa shape index (κ1) is 39.4. The molecule has 0 radical (unpaired) electrons. The summed E-state index contributed by atoms with van der Waals surface area (Å²) in [5, 5.41) is 48.5. The van der Waals surface area contributed by atoms with Gasteiger partial charge in [0.1, 0.15) is 24.7 Å². The maximum Gasteiger partial charge on any atom is 0.269 e. The molecule has 0 heterocycles. The summed E-state index contributed by atoms with van der Waals surface area (Å²) < 4.78 is 11.7. The number of hydrogen-bond donors (Lipinski definition) is 2. The van der Waals surface area contributed by atoms with Crippen molar-refractivity contribution >= 4 is 28.4 Å². The number of hydrogen-bond acceptors (Lipinski definition) is 10. The minimum Gasteiger partial charge on any atom is -0.491 e. The van der Waals surface area contributed by atoms with Crippen LogP contribution in [0.3, 0.4) is 0 Å². The largest absolute Gasteiger partial charge is 0.491 e. The molecule has 5 aromatic carbocycles. The Balaban J connectivity index is 1.06. The van der Waals surface area contributed by atoms with Crippen molar-refractivity contribution in [3.63, 3.8) is 0 Å². The molecule has 5 aromatic rings. The van der Waals surface area contributed by atoms with Gasteiger partial charge in [0.2, 0.25) is 0 Å². The first-order valence-corrected chi connectivity index (χ1v) is 18.1. The van der Waals surface area contributed by atoms with Gasteiger partial charge in [-0.2, -0.15) is 20.5 Å². The van der Waals surface area contributed by atoms with Crippen LogP contribution in [0.5, 0.6) is 11.5 Å². The molecule has 54 heavy (non-hydrogen) atoms. The van der Waals surface area contributed by atoms with Crippen molar-refractivity contribution in [3.8, 4) is 11.5 Å². The molecular weight excluding hydrogens is 683 g/mol. The van der Waals surface area contributed by atoms with Gasteiger partial charge in [0.25, 0.3) is 5.69 Å². The number of non-ortho nitro benzene ring substituents is 1. The second-order valence-electron chi connectivity index (χ2n) is 13.7. The van der Waals surface area contributed by atoms with Gasteiger partial charge >= 0.3 is 0 Å². The molecule has 11 nitrogen and oxygen atoms in total. The van der Waals surface area contributed by atoms with E-state index in [1.807, 2.05) is 50.2 Å². The first-order valence-electron chi connectivity index (χ1n) is 18.1. The second-order valence-corrected chi connectivity index (χ2v) is 13.7. The van der Waals surface area contributed by atoms with E-state index in [1.165, 1.54) is 12.1 Å². The minimum atomic E-state index is -0.624. The van der Waals surface area contributed by atoms with E-state index in [4.69, 9.17) is 9.47 Å². The number of aliphatic hydroxyl groups excluding tert-OH is 2. The number of rotatable bonds is 18. The molecule has 0 saturated carbocycles. The van der Waals surface area contributed by atoms with Crippen LogP contribution in [0.15, 0.2) is 136 Å². The lowest BCUT2D eigenvalue weighted by atomic mass is 9.78. The van der Waals surface area contributed by atoms with Gasteiger partial charge in [-0.25, -0.2) is 0 Å². The fraction of sp³-hybridized carbons (Fsp3) is 0.302. The number of azo groups is 2. The highest BCUT2D eigenvalue weighted by Crippen LogP contribution is 2.34. The quantitative estimate of drug-likeness (QED) is 0.0520. The molecule has 0 aliphatic rings. The van der Waals surface area contributed by atoms with Gasteiger partial charge in [-0.15, -0.1) is 0 Å². The number of nitro benzene ring substituents is 1. The lowest BCUT2D eigenvalue weighted by Crippen LogP contribution is -2.20. The summed E-state index contributed by atoms with van der Waals surface area (Å²) in [6, 6.07) is 35.0. The summed E-state index contributed by atoms with van der Waals surface area (Å²) >= 11 is 0. The van der Waals surface area contributed by atoms with E-state index in [0.29, 0.717) is 42.3 Å². The number of aryl methyl sites for hydroxylation is 2. The van der Waals surface area contributed by atoms with E-state index in [-0.39, 0.29) is 17.7 Å². The Morgan fingerprint density at radius 2 is 1.13 bits per heavy atom. The van der Waals surface area contributed by atoms with E-state index in [2.05, 4.69) is 64.6 Å². The zero-order chi connectivity index (χ0) is 38.5. The van der Waals surface area contributed by atoms with Crippen molar-refractivity contribution in [1.29, 1.82) is 0 Å². The minimum absolute atomic E-state index is 0.000116. The lowest BCUT2D eigenvalue weighted by Gasteiger charge is -2.26. The van der Waals surface area contributed by atoms with Crippen LogP contribution in [0.1, 0.15) is 62.3 Å². The van der Waals surface area contributed by atoms with E-state index < -0.39 is 17.1 Å². The van der Waals surface area contributed by atoms with E-state index in [0.717, 1.165) is 46.5 Å². The molecule has 0 aromatic heterocycles. The molecule has 0 amide bonds. The van der Waals surface area contributed by atoms with Crippen molar-refractivity contribution in [2.45, 2.75) is 71.0 Å². The van der Waals surface area contributed by atoms with Crippen LogP contribution in [-0.2, 0) is 11.8 Å². The van der Waals surface area contributed by atoms with Crippen LogP contribution in [0.25, 0.3) is 0 Å². The fourth-order valence-electron chi connectivity index (χ4n) is 5.76. The topological polar surface area (TPSA) is 152 Å². The molecule has 280 valence electrons. The molecule has 11 heteroatoms. The Labute approximate surface area is 316 Å². The molecule has 5 rings (SSSR count). The average Bonchev–Trinajstić information content (AvgIpc) is 3.18. The molecule has 2 unspecified atom stereocenters. The van der Waals surface area contributed by atoms with Gasteiger partial charge in [0.05, 0.1) is 39.9 Å². The standard InChI is InChI=1S/C43H47N5O6/c1-5-6-38(49)28-53-40-22-9-32(10-23-40)43(3,4)33-11-24-41(25-12-33)54-29-39(50)21-7-31-8-26-42(30(2)27-31)47-46-35-15-13-34(14-16-35)44-45-36-17-19-37(20-18-36)48(51)52/h8-20,22-27,38-39,49-50H,5-7,21,28-29H2,1-4H3/b45-44+,47-46?. The maximum atomic E-state index is 10.8. The van der Waals surface area contributed by atoms with E-state index in [1.54, 1.807) is 36.4 Å². The third-order valence-electron chi connectivity index (χ3n) is 9.15. The summed E-state index contributed by atoms with van der Waals surface area (Å²) in [6.07, 6.45) is 1.81. The smallest absolute Gasteiger partial charge is 0.269 e. The molecule has 2 N–H and O–H groups in total. The summed E-state index contributed by atoms with van der Waals surface area (Å²) in [6.45, 7) is 8.86. The van der Waals surface area contributed by atoms with Crippen molar-refractivity contribution in [2.24, 2.45) is 20.5 Å². The maximum absolute atomic E-state index is 10.8. The molecule has 0 aliphatic heterocycles. The molecular formula is C43H47N5O6. The predicted molar refractivity (Wildman–Crippen MR) is 210 cm³/mol. The zero-order valence-electron chi connectivity index (χ0n) is 31.1. The van der Waals surface area contributed by atoms with Crippen LogP contribution in [0, 0.1) is 17.0 Å². The summed E-state index contributed by atoms with van der Waals surface area (Å²) in [5.41, 5.74) is 6.65. The SMILES string of the molecule is CCCC(O)COc1ccc(C(C)(C)c2ccc(OCC(O)CCc3ccc(N=Nc4ccc(/N=N/c5ccc([N+](=O)[O-])cc5)cc4)c(C)c3)cc2)cc1. The molecule has 0 bridgehead atoms. The average molecular weight is 730 g/mol. The van der Waals surface area contributed by atoms with Gasteiger partial charge in [0, 0.05) is 17.5 Å². The highest BCUT2D eigenvalue weighted by molar-refractivity contribution is 5.51. The number of aliphatic hydroxyl groups is 2. The Morgan fingerprint density at radius 1 is 0.667 bits per heavy atom. The van der Waals surface area contributed by atoms with Gasteiger partial charge in [-0.1, -0.05) is 63.6 Å². The fourth-order valence-corrected chi connectivity index (χ4v) is 5.76. The number of nitro groups is 1. The highest BCUT2D eigenvalue weighted by Gasteiger charge is 2.23. The molecule has 0 saturated heterocycles. The Kier molecular flexibility index (Phi) is 13.7. The molecule has 0 spiro atoms. The van der Waals surface area contributed by atoms with Crippen molar-refractivity contribution in [1.82, 2.24) is 0 Å². The Bertz CT molecular complexity index is 2010. The Hall–Kier alpha value is -5.78. The van der Waals surface area contributed by atoms with Crippen molar-refractivity contribution in [3.05, 3.63) is 148 Å². The van der Waals surface area contributed by atoms with Crippen LogP contribution < -0.4 is 9.47 Å².